The molecule has 0 amide bonds. The monoisotopic (exact) mass is 198 g/mol. The van der Waals surface area contributed by atoms with Crippen LogP contribution in [0, 0.1) is 13.8 Å². The average Bonchev–Trinajstić information content (AvgIpc) is 2.40. The fourth-order valence-corrected chi connectivity index (χ4v) is 4.89. The summed E-state index contributed by atoms with van der Waals surface area (Å²) < 4.78 is 1.57. The first kappa shape index (κ1) is 8.64. The Morgan fingerprint density at radius 2 is 1.83 bits per heavy atom. The molecule has 1 aromatic heterocycles. The van der Waals surface area contributed by atoms with E-state index in [2.05, 4.69) is 39.5 Å². The SMILES string of the molecule is Cc1sc2c(c1C)C(C)C(C)S2. The van der Waals surface area contributed by atoms with E-state index in [-0.39, 0.29) is 0 Å². The molecule has 1 aliphatic heterocycles. The Morgan fingerprint density at radius 3 is 2.42 bits per heavy atom. The number of thiophene rings is 1. The Hall–Kier alpha value is 0.0500. The molecule has 1 aromatic rings. The molecule has 1 aliphatic rings. The van der Waals surface area contributed by atoms with Crippen molar-refractivity contribution in [3.05, 3.63) is 16.0 Å². The third kappa shape index (κ3) is 1.05. The summed E-state index contributed by atoms with van der Waals surface area (Å²) >= 11 is 4.03. The van der Waals surface area contributed by atoms with E-state index in [1.54, 1.807) is 15.3 Å². The van der Waals surface area contributed by atoms with Gasteiger partial charge in [-0.15, -0.1) is 23.1 Å². The highest BCUT2D eigenvalue weighted by Gasteiger charge is 2.30. The van der Waals surface area contributed by atoms with Gasteiger partial charge in [0.05, 0.1) is 4.21 Å². The normalized spacial score (nSPS) is 27.7. The summed E-state index contributed by atoms with van der Waals surface area (Å²) in [5, 5.41) is 0.783. The zero-order chi connectivity index (χ0) is 8.88. The van der Waals surface area contributed by atoms with Crippen LogP contribution in [-0.4, -0.2) is 5.25 Å². The van der Waals surface area contributed by atoms with E-state index < -0.39 is 0 Å². The lowest BCUT2D eigenvalue weighted by Crippen LogP contribution is -2.01. The second-order valence-electron chi connectivity index (χ2n) is 3.60. The molecule has 2 unspecified atom stereocenters. The Balaban J connectivity index is 2.53. The molecule has 2 heteroatoms. The van der Waals surface area contributed by atoms with Crippen molar-refractivity contribution in [2.24, 2.45) is 0 Å². The van der Waals surface area contributed by atoms with Gasteiger partial charge in [0, 0.05) is 10.1 Å². The van der Waals surface area contributed by atoms with E-state index in [1.807, 2.05) is 11.3 Å². The predicted molar refractivity (Wildman–Crippen MR) is 57.5 cm³/mol. The van der Waals surface area contributed by atoms with Crippen molar-refractivity contribution >= 4 is 23.1 Å². The van der Waals surface area contributed by atoms with E-state index in [9.17, 15) is 0 Å². The molecule has 12 heavy (non-hydrogen) atoms. The van der Waals surface area contributed by atoms with E-state index >= 15 is 0 Å². The fraction of sp³-hybridized carbons (Fsp3) is 0.600. The standard InChI is InChI=1S/C10H14S2/c1-5-7(3)11-10-9(5)6(2)8(4)12-10/h5,7H,1-4H3. The molecule has 0 fully saturated rings. The van der Waals surface area contributed by atoms with Crippen LogP contribution in [0.4, 0.5) is 0 Å². The number of thioether (sulfide) groups is 1. The maximum Gasteiger partial charge on any atom is 0.0642 e. The Kier molecular flexibility index (Phi) is 2.00. The summed E-state index contributed by atoms with van der Waals surface area (Å²) in [5.41, 5.74) is 3.18. The van der Waals surface area contributed by atoms with Crippen molar-refractivity contribution in [3.8, 4) is 0 Å². The van der Waals surface area contributed by atoms with Crippen LogP contribution >= 0.6 is 23.1 Å². The van der Waals surface area contributed by atoms with Crippen LogP contribution < -0.4 is 0 Å². The highest BCUT2D eigenvalue weighted by atomic mass is 32.2. The van der Waals surface area contributed by atoms with Gasteiger partial charge in [-0.1, -0.05) is 13.8 Å². The largest absolute Gasteiger partial charge is 0.134 e. The minimum atomic E-state index is 0.759. The summed E-state index contributed by atoms with van der Waals surface area (Å²) in [5.74, 6) is 0.759. The molecule has 0 nitrogen and oxygen atoms in total. The van der Waals surface area contributed by atoms with Gasteiger partial charge >= 0.3 is 0 Å². The number of hydrogen-bond acceptors (Lipinski definition) is 2. The zero-order valence-electron chi connectivity index (χ0n) is 7.97. The molecule has 0 saturated heterocycles. The first-order valence-electron chi connectivity index (χ1n) is 4.37. The second kappa shape index (κ2) is 2.78. The van der Waals surface area contributed by atoms with Crippen molar-refractivity contribution in [2.75, 3.05) is 0 Å². The third-order valence-corrected chi connectivity index (χ3v) is 5.62. The van der Waals surface area contributed by atoms with E-state index in [4.69, 9.17) is 0 Å². The van der Waals surface area contributed by atoms with Crippen LogP contribution in [0.3, 0.4) is 0 Å². The molecule has 0 bridgehead atoms. The number of aryl methyl sites for hydroxylation is 1. The van der Waals surface area contributed by atoms with E-state index in [0.29, 0.717) is 0 Å². The van der Waals surface area contributed by atoms with Crippen molar-refractivity contribution < 1.29 is 0 Å². The van der Waals surface area contributed by atoms with Gasteiger partial charge in [-0.05, 0) is 30.9 Å². The number of rotatable bonds is 0. The first-order valence-corrected chi connectivity index (χ1v) is 6.07. The summed E-state index contributed by atoms with van der Waals surface area (Å²) in [6.45, 7) is 9.18. The molecule has 2 atom stereocenters. The van der Waals surface area contributed by atoms with Crippen LogP contribution in [0.25, 0.3) is 0 Å². The first-order chi connectivity index (χ1) is 5.61. The van der Waals surface area contributed by atoms with Gasteiger partial charge in [0.25, 0.3) is 0 Å². The molecule has 0 spiro atoms. The smallest absolute Gasteiger partial charge is 0.0642 e. The molecule has 0 N–H and O–H groups in total. The van der Waals surface area contributed by atoms with Crippen molar-refractivity contribution in [1.29, 1.82) is 0 Å². The fourth-order valence-electron chi connectivity index (χ4n) is 1.73. The average molecular weight is 198 g/mol. The van der Waals surface area contributed by atoms with Gasteiger partial charge in [0.15, 0.2) is 0 Å². The molecular formula is C10H14S2. The number of hydrogen-bond donors (Lipinski definition) is 0. The number of fused-ring (bicyclic) bond motifs is 1. The Labute approximate surface area is 82.4 Å². The minimum absolute atomic E-state index is 0.759. The topological polar surface area (TPSA) is 0 Å². The van der Waals surface area contributed by atoms with E-state index in [1.165, 1.54) is 4.88 Å². The maximum absolute atomic E-state index is 2.35. The summed E-state index contributed by atoms with van der Waals surface area (Å²) in [4.78, 5) is 1.51. The lowest BCUT2D eigenvalue weighted by molar-refractivity contribution is 0.759. The van der Waals surface area contributed by atoms with Crippen molar-refractivity contribution in [2.45, 2.75) is 43.1 Å². The van der Waals surface area contributed by atoms with Gasteiger partial charge in [0.1, 0.15) is 0 Å². The highest BCUT2D eigenvalue weighted by Crippen LogP contribution is 2.51. The summed E-state index contributed by atoms with van der Waals surface area (Å²) in [6, 6.07) is 0. The highest BCUT2D eigenvalue weighted by molar-refractivity contribution is 8.02. The third-order valence-electron chi connectivity index (χ3n) is 2.85. The Bertz CT molecular complexity index is 312. The van der Waals surface area contributed by atoms with Gasteiger partial charge in [0.2, 0.25) is 0 Å². The molecule has 0 saturated carbocycles. The Morgan fingerprint density at radius 1 is 1.17 bits per heavy atom. The molecule has 0 radical (unpaired) electrons. The van der Waals surface area contributed by atoms with Crippen LogP contribution in [0.5, 0.6) is 0 Å². The van der Waals surface area contributed by atoms with Gasteiger partial charge in [-0.25, -0.2) is 0 Å². The lowest BCUT2D eigenvalue weighted by atomic mass is 9.97. The minimum Gasteiger partial charge on any atom is -0.134 e. The quantitative estimate of drug-likeness (QED) is 0.608. The van der Waals surface area contributed by atoms with Crippen molar-refractivity contribution in [3.63, 3.8) is 0 Å². The molecule has 0 aliphatic carbocycles. The van der Waals surface area contributed by atoms with E-state index in [0.717, 1.165) is 11.2 Å². The molecule has 0 aromatic carbocycles. The summed E-state index contributed by atoms with van der Waals surface area (Å²) in [7, 11) is 0. The van der Waals surface area contributed by atoms with Gasteiger partial charge in [-0.2, -0.15) is 0 Å². The zero-order valence-corrected chi connectivity index (χ0v) is 9.60. The van der Waals surface area contributed by atoms with Crippen LogP contribution in [0.1, 0.15) is 35.8 Å². The van der Waals surface area contributed by atoms with Gasteiger partial charge < -0.3 is 0 Å². The molecular weight excluding hydrogens is 184 g/mol. The van der Waals surface area contributed by atoms with Gasteiger partial charge in [-0.3, -0.25) is 0 Å². The van der Waals surface area contributed by atoms with Crippen LogP contribution in [-0.2, 0) is 0 Å². The molecule has 66 valence electrons. The predicted octanol–water partition coefficient (Wildman–Crippen LogP) is 3.96. The second-order valence-corrected chi connectivity index (χ2v) is 6.47. The summed E-state index contributed by atoms with van der Waals surface area (Å²) in [6.07, 6.45) is 0. The molecule has 2 heterocycles. The van der Waals surface area contributed by atoms with Crippen molar-refractivity contribution in [1.82, 2.24) is 0 Å². The van der Waals surface area contributed by atoms with Crippen LogP contribution in [0.2, 0.25) is 0 Å². The lowest BCUT2D eigenvalue weighted by Gasteiger charge is -2.09. The van der Waals surface area contributed by atoms with Crippen LogP contribution in [0.15, 0.2) is 4.21 Å². The molecule has 2 rings (SSSR count). The maximum atomic E-state index is 2.35.